The third-order valence-electron chi connectivity index (χ3n) is 14.5. The van der Waals surface area contributed by atoms with Gasteiger partial charge in [0, 0.05) is 40.0 Å². The van der Waals surface area contributed by atoms with Crippen molar-refractivity contribution in [3.63, 3.8) is 0 Å². The lowest BCUT2D eigenvalue weighted by atomic mass is 9.47. The van der Waals surface area contributed by atoms with Crippen LogP contribution in [0.15, 0.2) is 23.8 Å². The average molecular weight is 785 g/mol. The molecule has 0 aromatic heterocycles. The van der Waals surface area contributed by atoms with Crippen molar-refractivity contribution in [1.29, 1.82) is 0 Å². The van der Waals surface area contributed by atoms with Crippen LogP contribution in [0, 0.1) is 46.3 Å². The topological polar surface area (TPSA) is 176 Å². The van der Waals surface area contributed by atoms with Crippen LogP contribution < -0.4 is 0 Å². The molecule has 7 aliphatic rings. The van der Waals surface area contributed by atoms with Gasteiger partial charge in [-0.1, -0.05) is 24.6 Å². The van der Waals surface area contributed by atoms with Crippen molar-refractivity contribution in [2.45, 2.75) is 136 Å². The standard InChI is InChI=1S/C42H56O14/c1-21(43)49-20-33-35(52-22(2)44)36(53-23(3)45)37(54-24(4)46)39(56-33)50-19-31-38(48)55-32-17-41(31,6)51-18-27(32)29-14-13-28-26-12-11-25-9-8-10-34(47)42(25,7)30(26)15-16-40(28,29)5/h8,10-11,26-33,35-37,39H,9,12-20H2,1-7H3/t26-,27-,28-,29+,30-,31+,32+,33+,35+,36-,37+,39+,40-,41+,42-/m0/s1. The van der Waals surface area contributed by atoms with Crippen LogP contribution in [0.4, 0.5) is 0 Å². The lowest BCUT2D eigenvalue weighted by molar-refractivity contribution is -0.315. The minimum Gasteiger partial charge on any atom is -0.463 e. The van der Waals surface area contributed by atoms with Gasteiger partial charge in [-0.05, 0) is 87.5 Å². The molecule has 7 rings (SSSR count). The molecule has 0 spiro atoms. The van der Waals surface area contributed by atoms with Crippen LogP contribution in [-0.2, 0) is 66.7 Å². The lowest BCUT2D eigenvalue weighted by Gasteiger charge is -2.58. The van der Waals surface area contributed by atoms with Gasteiger partial charge < -0.3 is 37.9 Å². The first kappa shape index (κ1) is 40.6. The number of hydrogen-bond acceptors (Lipinski definition) is 14. The average Bonchev–Trinajstić information content (AvgIpc) is 3.46. The number of allylic oxidation sites excluding steroid dienone is 4. The van der Waals surface area contributed by atoms with Crippen LogP contribution in [0.5, 0.6) is 0 Å². The number of rotatable bonds is 9. The number of carbonyl (C=O) groups excluding carboxylic acids is 6. The van der Waals surface area contributed by atoms with Gasteiger partial charge in [-0.2, -0.15) is 0 Å². The fraction of sp³-hybridized carbons (Fsp3) is 0.762. The summed E-state index contributed by atoms with van der Waals surface area (Å²) in [6.45, 7) is 10.8. The van der Waals surface area contributed by atoms with Crippen LogP contribution >= 0.6 is 0 Å². The van der Waals surface area contributed by atoms with Gasteiger partial charge in [-0.25, -0.2) is 0 Å². The number of esters is 5. The first-order valence-electron chi connectivity index (χ1n) is 20.1. The van der Waals surface area contributed by atoms with Gasteiger partial charge >= 0.3 is 29.8 Å². The number of fused-ring (bicyclic) bond motifs is 7. The Labute approximate surface area is 327 Å². The minimum atomic E-state index is -1.43. The van der Waals surface area contributed by atoms with E-state index in [1.54, 1.807) is 6.08 Å². The quantitative estimate of drug-likeness (QED) is 0.183. The molecule has 3 heterocycles. The zero-order chi connectivity index (χ0) is 40.3. The Balaban J connectivity index is 1.06. The Kier molecular flexibility index (Phi) is 11.1. The van der Waals surface area contributed by atoms with E-state index in [9.17, 15) is 28.8 Å². The monoisotopic (exact) mass is 784 g/mol. The molecule has 15 atom stereocenters. The van der Waals surface area contributed by atoms with Crippen molar-refractivity contribution in [3.8, 4) is 0 Å². The molecule has 14 heteroatoms. The Hall–Kier alpha value is -3.62. The summed E-state index contributed by atoms with van der Waals surface area (Å²) in [5, 5.41) is 0. The van der Waals surface area contributed by atoms with E-state index in [1.807, 2.05) is 13.0 Å². The summed E-state index contributed by atoms with van der Waals surface area (Å²) >= 11 is 0. The largest absolute Gasteiger partial charge is 0.463 e. The highest BCUT2D eigenvalue weighted by molar-refractivity contribution is 5.98. The van der Waals surface area contributed by atoms with Gasteiger partial charge in [0.25, 0.3) is 0 Å². The smallest absolute Gasteiger partial charge is 0.314 e. The van der Waals surface area contributed by atoms with Crippen LogP contribution in [0.3, 0.4) is 0 Å². The Morgan fingerprint density at radius 1 is 0.804 bits per heavy atom. The highest BCUT2D eigenvalue weighted by Gasteiger charge is 2.64. The summed E-state index contributed by atoms with van der Waals surface area (Å²) in [4.78, 5) is 75.7. The van der Waals surface area contributed by atoms with Crippen LogP contribution in [0.1, 0.15) is 93.4 Å². The highest BCUT2D eigenvalue weighted by Crippen LogP contribution is 2.67. The molecular formula is C42H56O14. The van der Waals surface area contributed by atoms with Crippen LogP contribution in [-0.4, -0.2) is 97.9 Å². The van der Waals surface area contributed by atoms with Gasteiger partial charge in [0.1, 0.15) is 24.7 Å². The zero-order valence-corrected chi connectivity index (χ0v) is 33.4. The van der Waals surface area contributed by atoms with E-state index in [2.05, 4.69) is 19.9 Å². The van der Waals surface area contributed by atoms with E-state index in [0.29, 0.717) is 36.7 Å². The number of carbonyl (C=O) groups is 6. The first-order chi connectivity index (χ1) is 26.5. The number of ketones is 1. The number of hydrogen-bond donors (Lipinski definition) is 0. The number of ether oxygens (including phenoxy) is 8. The third kappa shape index (κ3) is 7.12. The summed E-state index contributed by atoms with van der Waals surface area (Å²) < 4.78 is 46.9. The molecule has 0 aromatic rings. The molecule has 308 valence electrons. The van der Waals surface area contributed by atoms with Gasteiger partial charge in [0.2, 0.25) is 0 Å². The van der Waals surface area contributed by atoms with Crippen molar-refractivity contribution in [3.05, 3.63) is 23.8 Å². The highest BCUT2D eigenvalue weighted by atomic mass is 16.7. The molecule has 0 aromatic carbocycles. The van der Waals surface area contributed by atoms with Gasteiger partial charge in [-0.15, -0.1) is 0 Å². The van der Waals surface area contributed by atoms with Crippen LogP contribution in [0.25, 0.3) is 0 Å². The van der Waals surface area contributed by atoms with Crippen LogP contribution in [0.2, 0.25) is 0 Å². The Bertz CT molecular complexity index is 1690. The molecule has 56 heavy (non-hydrogen) atoms. The molecule has 3 aliphatic heterocycles. The molecule has 4 aliphatic carbocycles. The fourth-order valence-corrected chi connectivity index (χ4v) is 11.9. The lowest BCUT2D eigenvalue weighted by Crippen LogP contribution is -2.64. The summed E-state index contributed by atoms with van der Waals surface area (Å²) in [6, 6.07) is 0. The maximum absolute atomic E-state index is 13.9. The predicted molar refractivity (Wildman–Crippen MR) is 194 cm³/mol. The van der Waals surface area contributed by atoms with Crippen molar-refractivity contribution >= 4 is 35.6 Å². The summed E-state index contributed by atoms with van der Waals surface area (Å²) in [5.41, 5.74) is -0.0524. The molecule has 0 N–H and O–H groups in total. The van der Waals surface area contributed by atoms with Crippen molar-refractivity contribution in [2.24, 2.45) is 46.3 Å². The van der Waals surface area contributed by atoms with Gasteiger partial charge in [0.05, 0.1) is 24.2 Å². The first-order valence-corrected chi connectivity index (χ1v) is 20.1. The molecule has 0 unspecified atom stereocenters. The van der Waals surface area contributed by atoms with E-state index in [0.717, 1.165) is 59.3 Å². The zero-order valence-electron chi connectivity index (χ0n) is 33.4. The Morgan fingerprint density at radius 2 is 1.46 bits per heavy atom. The van der Waals surface area contributed by atoms with E-state index < -0.39 is 84.1 Å². The summed E-state index contributed by atoms with van der Waals surface area (Å²) in [6.07, 6.45) is 5.47. The predicted octanol–water partition coefficient (Wildman–Crippen LogP) is 4.35. The van der Waals surface area contributed by atoms with Gasteiger partial charge in [0.15, 0.2) is 30.4 Å². The van der Waals surface area contributed by atoms with E-state index in [1.165, 1.54) is 12.5 Å². The molecule has 3 saturated heterocycles. The molecule has 14 nitrogen and oxygen atoms in total. The summed E-state index contributed by atoms with van der Waals surface area (Å²) in [5.74, 6) is -2.49. The SMILES string of the molecule is CC(=O)OC[C@H]1O[C@@H](OC[C@@H]2C(=O)O[C@@H]3C[C@@]2(C)OC[C@H]3[C@H]2CC[C@H]3[C@@H]4CC=C5CC=CC(=O)[C@]5(C)[C@H]4CC[C@]23C)[C@H](OC(C)=O)[C@@H](OC(C)=O)[C@@H]1OC(C)=O. The molecule has 2 bridgehead atoms. The molecular weight excluding hydrogens is 728 g/mol. The molecule has 2 saturated carbocycles. The minimum absolute atomic E-state index is 0.0183. The van der Waals surface area contributed by atoms with E-state index in [-0.39, 0.29) is 29.8 Å². The third-order valence-corrected chi connectivity index (χ3v) is 14.5. The maximum Gasteiger partial charge on any atom is 0.314 e. The second-order valence-electron chi connectivity index (χ2n) is 17.7. The summed E-state index contributed by atoms with van der Waals surface area (Å²) in [7, 11) is 0. The normalized spacial score (nSPS) is 43.9. The van der Waals surface area contributed by atoms with Crippen molar-refractivity contribution in [1.82, 2.24) is 0 Å². The Morgan fingerprint density at radius 3 is 2.14 bits per heavy atom. The molecule has 5 fully saturated rings. The van der Waals surface area contributed by atoms with E-state index in [4.69, 9.17) is 37.9 Å². The van der Waals surface area contributed by atoms with Crippen molar-refractivity contribution < 1.29 is 66.7 Å². The second-order valence-corrected chi connectivity index (χ2v) is 17.7. The fourth-order valence-electron chi connectivity index (χ4n) is 11.9. The van der Waals surface area contributed by atoms with E-state index >= 15 is 0 Å². The van der Waals surface area contributed by atoms with Gasteiger partial charge in [-0.3, -0.25) is 28.8 Å². The van der Waals surface area contributed by atoms with Crippen molar-refractivity contribution in [2.75, 3.05) is 19.8 Å². The second kappa shape index (κ2) is 15.3. The molecule has 0 amide bonds. The maximum atomic E-state index is 13.9. The molecule has 0 radical (unpaired) electrons.